The van der Waals surface area contributed by atoms with Gasteiger partial charge in [-0.25, -0.2) is 4.39 Å². The molecule has 1 N–H and O–H groups in total. The van der Waals surface area contributed by atoms with Crippen LogP contribution >= 0.6 is 0 Å². The molecular formula is C17H12FN3O4. The number of rotatable bonds is 3. The van der Waals surface area contributed by atoms with Crippen molar-refractivity contribution in [3.8, 4) is 23.0 Å². The van der Waals surface area contributed by atoms with Crippen molar-refractivity contribution in [3.05, 3.63) is 53.8 Å². The third-order valence-electron chi connectivity index (χ3n) is 3.52. The number of nitrogens with one attached hydrogen (secondary N) is 1. The van der Waals surface area contributed by atoms with Crippen LogP contribution in [0, 0.1) is 5.82 Å². The molecule has 3 aromatic rings. The van der Waals surface area contributed by atoms with E-state index >= 15 is 0 Å². The first-order chi connectivity index (χ1) is 12.2. The Kier molecular flexibility index (Phi) is 3.77. The van der Waals surface area contributed by atoms with Gasteiger partial charge in [-0.2, -0.15) is 0 Å². The van der Waals surface area contributed by atoms with Crippen molar-refractivity contribution in [1.29, 1.82) is 0 Å². The van der Waals surface area contributed by atoms with Crippen molar-refractivity contribution in [2.45, 2.75) is 0 Å². The highest BCUT2D eigenvalue weighted by Crippen LogP contribution is 2.34. The minimum absolute atomic E-state index is 0.0841. The molecule has 0 saturated carbocycles. The van der Waals surface area contributed by atoms with Gasteiger partial charge in [0, 0.05) is 11.1 Å². The predicted molar refractivity (Wildman–Crippen MR) is 85.1 cm³/mol. The largest absolute Gasteiger partial charge is 0.486 e. The molecule has 2 heterocycles. The first-order valence-electron chi connectivity index (χ1n) is 7.49. The van der Waals surface area contributed by atoms with E-state index in [1.807, 2.05) is 0 Å². The summed E-state index contributed by atoms with van der Waals surface area (Å²) >= 11 is 0. The SMILES string of the molecule is O=C(Nc1nnc(-c2ccc3c(c2)OCCO3)o1)c1cccc(F)c1. The lowest BCUT2D eigenvalue weighted by molar-refractivity contribution is 0.102. The molecule has 1 aliphatic heterocycles. The van der Waals surface area contributed by atoms with E-state index in [4.69, 9.17) is 13.9 Å². The van der Waals surface area contributed by atoms with Crippen molar-refractivity contribution in [3.63, 3.8) is 0 Å². The van der Waals surface area contributed by atoms with Gasteiger partial charge in [-0.15, -0.1) is 5.10 Å². The van der Waals surface area contributed by atoms with Crippen LogP contribution in [0.15, 0.2) is 46.9 Å². The zero-order valence-electron chi connectivity index (χ0n) is 12.9. The highest BCUT2D eigenvalue weighted by molar-refractivity contribution is 6.03. The van der Waals surface area contributed by atoms with Crippen molar-refractivity contribution >= 4 is 11.9 Å². The molecule has 8 heteroatoms. The molecule has 0 unspecified atom stereocenters. The van der Waals surface area contributed by atoms with Gasteiger partial charge in [0.15, 0.2) is 11.5 Å². The normalized spacial score (nSPS) is 12.7. The molecule has 0 spiro atoms. The average molecular weight is 341 g/mol. The van der Waals surface area contributed by atoms with E-state index < -0.39 is 11.7 Å². The fourth-order valence-electron chi connectivity index (χ4n) is 2.37. The summed E-state index contributed by atoms with van der Waals surface area (Å²) in [4.78, 5) is 12.1. The number of nitrogens with zero attached hydrogens (tertiary/aromatic N) is 2. The van der Waals surface area contributed by atoms with Crippen LogP contribution in [0.25, 0.3) is 11.5 Å². The summed E-state index contributed by atoms with van der Waals surface area (Å²) in [6, 6.07) is 10.4. The molecule has 126 valence electrons. The van der Waals surface area contributed by atoms with E-state index in [9.17, 15) is 9.18 Å². The Morgan fingerprint density at radius 1 is 1.04 bits per heavy atom. The molecule has 4 rings (SSSR count). The van der Waals surface area contributed by atoms with Gasteiger partial charge in [-0.05, 0) is 36.4 Å². The highest BCUT2D eigenvalue weighted by Gasteiger charge is 2.17. The van der Waals surface area contributed by atoms with Gasteiger partial charge in [0.2, 0.25) is 5.89 Å². The molecule has 1 aliphatic rings. The Bertz CT molecular complexity index is 941. The Balaban J connectivity index is 1.53. The topological polar surface area (TPSA) is 86.5 Å². The number of ether oxygens (including phenoxy) is 2. The molecule has 0 fully saturated rings. The van der Waals surface area contributed by atoms with Gasteiger partial charge in [0.1, 0.15) is 19.0 Å². The summed E-state index contributed by atoms with van der Waals surface area (Å²) in [6.45, 7) is 0.971. The standard InChI is InChI=1S/C17H12FN3O4/c18-12-3-1-2-10(8-12)15(22)19-17-21-20-16(25-17)11-4-5-13-14(9-11)24-7-6-23-13/h1-5,8-9H,6-7H2,(H,19,21,22). The Morgan fingerprint density at radius 2 is 1.88 bits per heavy atom. The zero-order chi connectivity index (χ0) is 17.2. The van der Waals surface area contributed by atoms with Crippen molar-refractivity contribution in [2.24, 2.45) is 0 Å². The summed E-state index contributed by atoms with van der Waals surface area (Å²) in [5.74, 6) is 0.403. The van der Waals surface area contributed by atoms with Crippen molar-refractivity contribution < 1.29 is 23.1 Å². The lowest BCUT2D eigenvalue weighted by Gasteiger charge is -2.18. The van der Waals surface area contributed by atoms with Crippen LogP contribution in [0.2, 0.25) is 0 Å². The predicted octanol–water partition coefficient (Wildman–Crippen LogP) is 2.90. The maximum absolute atomic E-state index is 13.2. The van der Waals surface area contributed by atoms with Crippen molar-refractivity contribution in [2.75, 3.05) is 18.5 Å². The maximum Gasteiger partial charge on any atom is 0.322 e. The number of amides is 1. The summed E-state index contributed by atoms with van der Waals surface area (Å²) in [5.41, 5.74) is 0.780. The van der Waals surface area contributed by atoms with Crippen LogP contribution in [0.1, 0.15) is 10.4 Å². The van der Waals surface area contributed by atoms with Crippen LogP contribution in [-0.2, 0) is 0 Å². The average Bonchev–Trinajstić information content (AvgIpc) is 3.10. The number of anilines is 1. The quantitative estimate of drug-likeness (QED) is 0.788. The first kappa shape index (κ1) is 15.1. The van der Waals surface area contributed by atoms with Gasteiger partial charge in [0.05, 0.1) is 0 Å². The van der Waals surface area contributed by atoms with Crippen LogP contribution in [-0.4, -0.2) is 29.3 Å². The third-order valence-corrected chi connectivity index (χ3v) is 3.52. The molecule has 0 bridgehead atoms. The number of halogens is 1. The molecule has 0 atom stereocenters. The number of hydrogen-bond donors (Lipinski definition) is 1. The number of carbonyl (C=O) groups excluding carboxylic acids is 1. The lowest BCUT2D eigenvalue weighted by atomic mass is 10.2. The molecule has 2 aromatic carbocycles. The zero-order valence-corrected chi connectivity index (χ0v) is 12.9. The van der Waals surface area contributed by atoms with Gasteiger partial charge < -0.3 is 13.9 Å². The molecule has 1 amide bonds. The molecule has 0 saturated heterocycles. The molecule has 1 aromatic heterocycles. The second-order valence-corrected chi connectivity index (χ2v) is 5.24. The summed E-state index contributed by atoms with van der Waals surface area (Å²) < 4.78 is 29.6. The number of hydrogen-bond acceptors (Lipinski definition) is 6. The van der Waals surface area contributed by atoms with Crippen LogP contribution in [0.5, 0.6) is 11.5 Å². The number of carbonyl (C=O) groups is 1. The Labute approximate surface area is 141 Å². The van der Waals surface area contributed by atoms with Gasteiger partial charge >= 0.3 is 6.01 Å². The van der Waals surface area contributed by atoms with Gasteiger partial charge in [-0.3, -0.25) is 10.1 Å². The van der Waals surface area contributed by atoms with E-state index in [0.29, 0.717) is 30.3 Å². The van der Waals surface area contributed by atoms with E-state index in [2.05, 4.69) is 15.5 Å². The van der Waals surface area contributed by atoms with E-state index in [0.717, 1.165) is 6.07 Å². The van der Waals surface area contributed by atoms with Gasteiger partial charge in [-0.1, -0.05) is 11.2 Å². The molecular weight excluding hydrogens is 329 g/mol. The molecule has 0 radical (unpaired) electrons. The minimum atomic E-state index is -0.545. The van der Waals surface area contributed by atoms with E-state index in [1.165, 1.54) is 18.2 Å². The first-order valence-corrected chi connectivity index (χ1v) is 7.49. The second-order valence-electron chi connectivity index (χ2n) is 5.24. The molecule has 7 nitrogen and oxygen atoms in total. The van der Waals surface area contributed by atoms with Crippen LogP contribution < -0.4 is 14.8 Å². The summed E-state index contributed by atoms with van der Waals surface area (Å²) in [6.07, 6.45) is 0. The van der Waals surface area contributed by atoms with Crippen LogP contribution in [0.3, 0.4) is 0 Å². The Morgan fingerprint density at radius 3 is 2.72 bits per heavy atom. The Hall–Kier alpha value is -3.42. The smallest absolute Gasteiger partial charge is 0.322 e. The fourth-order valence-corrected chi connectivity index (χ4v) is 2.37. The van der Waals surface area contributed by atoms with Crippen LogP contribution in [0.4, 0.5) is 10.4 Å². The summed E-state index contributed by atoms with van der Waals surface area (Å²) in [5, 5.41) is 10.1. The lowest BCUT2D eigenvalue weighted by Crippen LogP contribution is -2.15. The number of aromatic nitrogens is 2. The van der Waals surface area contributed by atoms with E-state index in [-0.39, 0.29) is 17.5 Å². The molecule has 25 heavy (non-hydrogen) atoms. The van der Waals surface area contributed by atoms with Crippen molar-refractivity contribution in [1.82, 2.24) is 10.2 Å². The third kappa shape index (κ3) is 3.14. The summed E-state index contributed by atoms with van der Waals surface area (Å²) in [7, 11) is 0. The fraction of sp³-hybridized carbons (Fsp3) is 0.118. The maximum atomic E-state index is 13.2. The highest BCUT2D eigenvalue weighted by atomic mass is 19.1. The number of benzene rings is 2. The van der Waals surface area contributed by atoms with E-state index in [1.54, 1.807) is 18.2 Å². The minimum Gasteiger partial charge on any atom is -0.486 e. The van der Waals surface area contributed by atoms with Gasteiger partial charge in [0.25, 0.3) is 5.91 Å². The number of fused-ring (bicyclic) bond motifs is 1. The molecule has 0 aliphatic carbocycles. The second kappa shape index (κ2) is 6.23. The monoisotopic (exact) mass is 341 g/mol.